The molecule has 0 bridgehead atoms. The molecule has 2 N–H and O–H groups in total. The lowest BCUT2D eigenvalue weighted by Gasteiger charge is -2.04. The number of hydrogen-bond acceptors (Lipinski definition) is 2. The minimum Gasteiger partial charge on any atom is -0.501 e. The predicted octanol–water partition coefficient (Wildman–Crippen LogP) is 1.85. The smallest absolute Gasteiger partial charge is 0.0927 e. The second kappa shape index (κ2) is 4.67. The molecule has 0 aliphatic heterocycles. The van der Waals surface area contributed by atoms with Crippen LogP contribution in [-0.4, -0.2) is 7.11 Å². The van der Waals surface area contributed by atoms with Crippen LogP contribution in [0.15, 0.2) is 36.6 Å². The molecule has 0 amide bonds. The third kappa shape index (κ3) is 2.92. The number of allylic oxidation sites excluding steroid dienone is 1. The van der Waals surface area contributed by atoms with Crippen molar-refractivity contribution in [3.63, 3.8) is 0 Å². The van der Waals surface area contributed by atoms with Crippen LogP contribution in [0.4, 0.5) is 0 Å². The van der Waals surface area contributed by atoms with E-state index < -0.39 is 0 Å². The average molecular weight is 177 g/mol. The Morgan fingerprint density at radius 2 is 1.85 bits per heavy atom. The molecule has 0 saturated heterocycles. The van der Waals surface area contributed by atoms with E-state index in [0.29, 0.717) is 6.54 Å². The van der Waals surface area contributed by atoms with Gasteiger partial charge in [0.25, 0.3) is 0 Å². The summed E-state index contributed by atoms with van der Waals surface area (Å²) < 4.78 is 4.99. The third-order valence-corrected chi connectivity index (χ3v) is 1.95. The highest BCUT2D eigenvalue weighted by Crippen LogP contribution is 2.08. The number of benzene rings is 1. The van der Waals surface area contributed by atoms with Crippen molar-refractivity contribution in [2.75, 3.05) is 7.11 Å². The molecule has 0 aromatic heterocycles. The summed E-state index contributed by atoms with van der Waals surface area (Å²) in [7, 11) is 1.64. The van der Waals surface area contributed by atoms with Gasteiger partial charge in [0.2, 0.25) is 0 Å². The molecule has 1 aromatic rings. The number of methoxy groups -OCH3 is 1. The number of nitrogens with two attached hydrogens (primary N) is 1. The Hall–Kier alpha value is -1.28. The fourth-order valence-electron chi connectivity index (χ4n) is 1.09. The molecule has 0 fully saturated rings. The van der Waals surface area contributed by atoms with Crippen molar-refractivity contribution in [1.82, 2.24) is 0 Å². The summed E-state index contributed by atoms with van der Waals surface area (Å²) in [6.07, 6.45) is 0.765. The molecule has 1 aromatic carbocycles. The first kappa shape index (κ1) is 9.81. The minimum absolute atomic E-state index is 0.589. The standard InChI is InChI=1S/C11H15NO/c1-9(13-2)7-10-3-5-11(8-12)6-4-10/h3-6H,1,7-8,12H2,2H3. The monoisotopic (exact) mass is 177 g/mol. The van der Waals surface area contributed by atoms with Gasteiger partial charge >= 0.3 is 0 Å². The maximum absolute atomic E-state index is 5.49. The van der Waals surface area contributed by atoms with Gasteiger partial charge in [-0.3, -0.25) is 0 Å². The van der Waals surface area contributed by atoms with E-state index in [9.17, 15) is 0 Å². The summed E-state index contributed by atoms with van der Waals surface area (Å²) >= 11 is 0. The van der Waals surface area contributed by atoms with Crippen LogP contribution in [0.1, 0.15) is 11.1 Å². The SMILES string of the molecule is C=C(Cc1ccc(CN)cc1)OC. The Balaban J connectivity index is 2.64. The van der Waals surface area contributed by atoms with Crippen LogP contribution >= 0.6 is 0 Å². The first-order valence-corrected chi connectivity index (χ1v) is 4.26. The van der Waals surface area contributed by atoms with Crippen LogP contribution in [0.5, 0.6) is 0 Å². The van der Waals surface area contributed by atoms with E-state index in [2.05, 4.69) is 6.58 Å². The molecule has 0 saturated carbocycles. The van der Waals surface area contributed by atoms with Gasteiger partial charge in [-0.15, -0.1) is 0 Å². The van der Waals surface area contributed by atoms with Gasteiger partial charge in [-0.1, -0.05) is 30.8 Å². The van der Waals surface area contributed by atoms with Gasteiger partial charge in [0.15, 0.2) is 0 Å². The zero-order chi connectivity index (χ0) is 9.68. The van der Waals surface area contributed by atoms with E-state index in [4.69, 9.17) is 10.5 Å². The molecule has 0 aliphatic carbocycles. The molecular formula is C11H15NO. The van der Waals surface area contributed by atoms with Gasteiger partial charge in [-0.05, 0) is 11.1 Å². The molecule has 0 radical (unpaired) electrons. The topological polar surface area (TPSA) is 35.2 Å². The van der Waals surface area contributed by atoms with Crippen LogP contribution in [0.3, 0.4) is 0 Å². The van der Waals surface area contributed by atoms with Crippen molar-refractivity contribution in [1.29, 1.82) is 0 Å². The highest BCUT2D eigenvalue weighted by molar-refractivity contribution is 5.24. The summed E-state index contributed by atoms with van der Waals surface area (Å²) in [4.78, 5) is 0. The molecule has 0 spiro atoms. The van der Waals surface area contributed by atoms with Crippen LogP contribution in [0.2, 0.25) is 0 Å². The quantitative estimate of drug-likeness (QED) is 0.712. The van der Waals surface area contributed by atoms with E-state index in [0.717, 1.165) is 17.7 Å². The molecule has 70 valence electrons. The molecule has 0 atom stereocenters. The molecule has 0 unspecified atom stereocenters. The van der Waals surface area contributed by atoms with Crippen molar-refractivity contribution in [2.24, 2.45) is 5.73 Å². The van der Waals surface area contributed by atoms with E-state index in [1.54, 1.807) is 7.11 Å². The minimum atomic E-state index is 0.589. The second-order valence-electron chi connectivity index (χ2n) is 2.94. The van der Waals surface area contributed by atoms with Gasteiger partial charge in [0.1, 0.15) is 0 Å². The van der Waals surface area contributed by atoms with Gasteiger partial charge in [0.05, 0.1) is 12.9 Å². The predicted molar refractivity (Wildman–Crippen MR) is 54.2 cm³/mol. The van der Waals surface area contributed by atoms with Gasteiger partial charge in [0, 0.05) is 13.0 Å². The lowest BCUT2D eigenvalue weighted by atomic mass is 10.1. The number of rotatable bonds is 4. The van der Waals surface area contributed by atoms with Gasteiger partial charge in [-0.2, -0.15) is 0 Å². The van der Waals surface area contributed by atoms with Crippen molar-refractivity contribution in [2.45, 2.75) is 13.0 Å². The summed E-state index contributed by atoms with van der Waals surface area (Å²) in [5, 5.41) is 0. The maximum Gasteiger partial charge on any atom is 0.0927 e. The average Bonchev–Trinajstić information content (AvgIpc) is 2.19. The van der Waals surface area contributed by atoms with Crippen molar-refractivity contribution < 1.29 is 4.74 Å². The van der Waals surface area contributed by atoms with E-state index in [1.165, 1.54) is 5.56 Å². The van der Waals surface area contributed by atoms with Gasteiger partial charge in [-0.25, -0.2) is 0 Å². The van der Waals surface area contributed by atoms with Crippen molar-refractivity contribution >= 4 is 0 Å². The first-order chi connectivity index (χ1) is 6.26. The normalized spacial score (nSPS) is 9.69. The van der Waals surface area contributed by atoms with Gasteiger partial charge < -0.3 is 10.5 Å². The molecule has 1 rings (SSSR count). The van der Waals surface area contributed by atoms with E-state index in [-0.39, 0.29) is 0 Å². The zero-order valence-electron chi connectivity index (χ0n) is 7.92. The lowest BCUT2D eigenvalue weighted by molar-refractivity contribution is 0.285. The van der Waals surface area contributed by atoms with E-state index in [1.807, 2.05) is 24.3 Å². The highest BCUT2D eigenvalue weighted by Gasteiger charge is 1.96. The Labute approximate surface area is 79.0 Å². The van der Waals surface area contributed by atoms with Crippen LogP contribution in [0.25, 0.3) is 0 Å². The number of ether oxygens (including phenoxy) is 1. The number of hydrogen-bond donors (Lipinski definition) is 1. The highest BCUT2D eigenvalue weighted by atomic mass is 16.5. The lowest BCUT2D eigenvalue weighted by Crippen LogP contribution is -1.97. The Bertz CT molecular complexity index is 277. The Kier molecular flexibility index (Phi) is 3.53. The Morgan fingerprint density at radius 1 is 1.31 bits per heavy atom. The fraction of sp³-hybridized carbons (Fsp3) is 0.273. The molecule has 2 nitrogen and oxygen atoms in total. The summed E-state index contributed by atoms with van der Waals surface area (Å²) in [6, 6.07) is 8.15. The largest absolute Gasteiger partial charge is 0.501 e. The van der Waals surface area contributed by atoms with Crippen molar-refractivity contribution in [3.05, 3.63) is 47.7 Å². The molecule has 13 heavy (non-hydrogen) atoms. The van der Waals surface area contributed by atoms with Crippen LogP contribution in [-0.2, 0) is 17.7 Å². The fourth-order valence-corrected chi connectivity index (χ4v) is 1.09. The van der Waals surface area contributed by atoms with Crippen LogP contribution < -0.4 is 5.73 Å². The first-order valence-electron chi connectivity index (χ1n) is 4.26. The summed E-state index contributed by atoms with van der Waals surface area (Å²) in [5.74, 6) is 0.778. The third-order valence-electron chi connectivity index (χ3n) is 1.95. The summed E-state index contributed by atoms with van der Waals surface area (Å²) in [6.45, 7) is 4.35. The molecule has 0 heterocycles. The van der Waals surface area contributed by atoms with E-state index >= 15 is 0 Å². The summed E-state index contributed by atoms with van der Waals surface area (Å²) in [5.41, 5.74) is 7.83. The van der Waals surface area contributed by atoms with Crippen LogP contribution in [0, 0.1) is 0 Å². The Morgan fingerprint density at radius 3 is 2.31 bits per heavy atom. The molecule has 2 heteroatoms. The molecular weight excluding hydrogens is 162 g/mol. The van der Waals surface area contributed by atoms with Crippen molar-refractivity contribution in [3.8, 4) is 0 Å². The molecule has 0 aliphatic rings. The zero-order valence-corrected chi connectivity index (χ0v) is 7.92. The maximum atomic E-state index is 5.49. The second-order valence-corrected chi connectivity index (χ2v) is 2.94.